The molecule has 1 saturated heterocycles. The minimum Gasteiger partial charge on any atom is -0.375 e. The van der Waals surface area contributed by atoms with Crippen LogP contribution in [0.5, 0.6) is 0 Å². The Morgan fingerprint density at radius 2 is 2.05 bits per heavy atom. The zero-order valence-corrected chi connectivity index (χ0v) is 11.9. The highest BCUT2D eigenvalue weighted by molar-refractivity contribution is 5.83. The van der Waals surface area contributed by atoms with Crippen molar-refractivity contribution in [3.63, 3.8) is 0 Å². The largest absolute Gasteiger partial charge is 0.375 e. The molecule has 1 aliphatic heterocycles. The predicted octanol–water partition coefficient (Wildman–Crippen LogP) is 1.54. The first-order valence-electron chi connectivity index (χ1n) is 6.71. The molecule has 0 N–H and O–H groups in total. The maximum Gasteiger partial charge on any atom is 0.244 e. The molecule has 1 fully saturated rings. The second-order valence-corrected chi connectivity index (χ2v) is 5.24. The monoisotopic (exact) mass is 262 g/mol. The summed E-state index contributed by atoms with van der Waals surface area (Å²) in [6.07, 6.45) is 0.122. The number of benzene rings is 1. The van der Waals surface area contributed by atoms with Crippen LogP contribution in [0.2, 0.25) is 0 Å². The van der Waals surface area contributed by atoms with E-state index in [0.717, 1.165) is 5.56 Å². The highest BCUT2D eigenvalue weighted by atomic mass is 16.5. The van der Waals surface area contributed by atoms with Crippen molar-refractivity contribution in [3.05, 3.63) is 35.9 Å². The van der Waals surface area contributed by atoms with Crippen LogP contribution < -0.4 is 0 Å². The smallest absolute Gasteiger partial charge is 0.244 e. The lowest BCUT2D eigenvalue weighted by molar-refractivity contribution is -0.143. The number of likely N-dealkylation sites (N-methyl/N-ethyl adjacent to an activating group) is 1. The van der Waals surface area contributed by atoms with Crippen LogP contribution in [0.1, 0.15) is 18.5 Å². The molecule has 19 heavy (non-hydrogen) atoms. The summed E-state index contributed by atoms with van der Waals surface area (Å²) in [6.45, 7) is 3.99. The average molecular weight is 262 g/mol. The van der Waals surface area contributed by atoms with E-state index in [1.165, 1.54) is 0 Å². The second-order valence-electron chi connectivity index (χ2n) is 5.24. The molecule has 0 aliphatic carbocycles. The fourth-order valence-electron chi connectivity index (χ4n) is 2.49. The molecule has 0 saturated carbocycles. The van der Waals surface area contributed by atoms with E-state index in [1.807, 2.05) is 61.2 Å². The number of nitrogens with zero attached hydrogens (tertiary/aromatic N) is 2. The van der Waals surface area contributed by atoms with Gasteiger partial charge in [-0.3, -0.25) is 9.69 Å². The Bertz CT molecular complexity index is 419. The molecule has 0 spiro atoms. The van der Waals surface area contributed by atoms with Crippen LogP contribution in [0.25, 0.3) is 0 Å². The van der Waals surface area contributed by atoms with Gasteiger partial charge >= 0.3 is 0 Å². The zero-order valence-electron chi connectivity index (χ0n) is 11.9. The lowest BCUT2D eigenvalue weighted by Gasteiger charge is -2.35. The van der Waals surface area contributed by atoms with E-state index >= 15 is 0 Å². The van der Waals surface area contributed by atoms with E-state index in [2.05, 4.69) is 0 Å². The van der Waals surface area contributed by atoms with Gasteiger partial charge in [-0.25, -0.2) is 0 Å². The Kier molecular flexibility index (Phi) is 4.56. The molecule has 2 rings (SSSR count). The summed E-state index contributed by atoms with van der Waals surface area (Å²) >= 11 is 0. The maximum atomic E-state index is 12.7. The third kappa shape index (κ3) is 3.33. The van der Waals surface area contributed by atoms with Gasteiger partial charge in [0, 0.05) is 13.1 Å². The molecule has 1 aromatic rings. The highest BCUT2D eigenvalue weighted by Gasteiger charge is 2.30. The molecule has 0 radical (unpaired) electrons. The summed E-state index contributed by atoms with van der Waals surface area (Å²) in [7, 11) is 3.89. The van der Waals surface area contributed by atoms with Crippen molar-refractivity contribution >= 4 is 5.91 Å². The van der Waals surface area contributed by atoms with Crippen molar-refractivity contribution in [1.29, 1.82) is 0 Å². The van der Waals surface area contributed by atoms with Crippen LogP contribution in [0.3, 0.4) is 0 Å². The fraction of sp³-hybridized carbons (Fsp3) is 0.533. The van der Waals surface area contributed by atoms with Gasteiger partial charge in [0.25, 0.3) is 0 Å². The van der Waals surface area contributed by atoms with E-state index in [4.69, 9.17) is 4.74 Å². The predicted molar refractivity (Wildman–Crippen MR) is 74.9 cm³/mol. The van der Waals surface area contributed by atoms with Gasteiger partial charge in [0.2, 0.25) is 5.91 Å². The average Bonchev–Trinajstić information content (AvgIpc) is 2.39. The standard InChI is InChI=1S/C15H22N2O2/c1-12-11-17(9-10-19-12)15(18)14(16(2)3)13-7-5-4-6-8-13/h4-8,12,14H,9-11H2,1-3H3. The van der Waals surface area contributed by atoms with Gasteiger partial charge in [-0.15, -0.1) is 0 Å². The topological polar surface area (TPSA) is 32.8 Å². The Balaban J connectivity index is 2.17. The molecule has 0 aromatic heterocycles. The van der Waals surface area contributed by atoms with E-state index in [0.29, 0.717) is 19.7 Å². The number of carbonyl (C=O) groups is 1. The second kappa shape index (κ2) is 6.17. The molecule has 4 heteroatoms. The molecule has 104 valence electrons. The molecule has 0 bridgehead atoms. The summed E-state index contributed by atoms with van der Waals surface area (Å²) in [4.78, 5) is 16.6. The minimum atomic E-state index is -0.216. The maximum absolute atomic E-state index is 12.7. The first-order valence-corrected chi connectivity index (χ1v) is 6.71. The third-order valence-electron chi connectivity index (χ3n) is 3.42. The van der Waals surface area contributed by atoms with Crippen molar-refractivity contribution < 1.29 is 9.53 Å². The van der Waals surface area contributed by atoms with Gasteiger partial charge in [0.1, 0.15) is 6.04 Å². The zero-order chi connectivity index (χ0) is 13.8. The Morgan fingerprint density at radius 3 is 2.63 bits per heavy atom. The summed E-state index contributed by atoms with van der Waals surface area (Å²) in [5.41, 5.74) is 1.04. The van der Waals surface area contributed by atoms with Gasteiger partial charge in [-0.05, 0) is 26.6 Å². The molecule has 1 aliphatic rings. The van der Waals surface area contributed by atoms with E-state index in [9.17, 15) is 4.79 Å². The van der Waals surface area contributed by atoms with Crippen LogP contribution in [0.4, 0.5) is 0 Å². The van der Waals surface area contributed by atoms with Crippen molar-refractivity contribution in [1.82, 2.24) is 9.80 Å². The number of carbonyl (C=O) groups excluding carboxylic acids is 1. The normalized spacial score (nSPS) is 21.5. The Hall–Kier alpha value is -1.39. The van der Waals surface area contributed by atoms with Crippen molar-refractivity contribution in [2.45, 2.75) is 19.1 Å². The van der Waals surface area contributed by atoms with Gasteiger partial charge in [0.05, 0.1) is 12.7 Å². The van der Waals surface area contributed by atoms with Gasteiger partial charge in [0.15, 0.2) is 0 Å². The molecule has 2 unspecified atom stereocenters. The van der Waals surface area contributed by atoms with Crippen LogP contribution in [0.15, 0.2) is 30.3 Å². The molecule has 1 amide bonds. The first kappa shape index (κ1) is 14.0. The number of morpholine rings is 1. The van der Waals surface area contributed by atoms with Crippen molar-refractivity contribution in [3.8, 4) is 0 Å². The number of rotatable bonds is 3. The molecule has 2 atom stereocenters. The quantitative estimate of drug-likeness (QED) is 0.828. The Labute approximate surface area is 115 Å². The SMILES string of the molecule is CC1CN(C(=O)C(c2ccccc2)N(C)C)CCO1. The number of hydrogen-bond donors (Lipinski definition) is 0. The third-order valence-corrected chi connectivity index (χ3v) is 3.42. The fourth-order valence-corrected chi connectivity index (χ4v) is 2.49. The van der Waals surface area contributed by atoms with Crippen molar-refractivity contribution in [2.24, 2.45) is 0 Å². The number of ether oxygens (including phenoxy) is 1. The van der Waals surface area contributed by atoms with Crippen LogP contribution in [-0.4, -0.2) is 55.6 Å². The lowest BCUT2D eigenvalue weighted by atomic mass is 10.0. The lowest BCUT2D eigenvalue weighted by Crippen LogP contribution is -2.48. The number of amides is 1. The summed E-state index contributed by atoms with van der Waals surface area (Å²) in [6, 6.07) is 9.71. The van der Waals surface area contributed by atoms with Gasteiger partial charge in [-0.2, -0.15) is 0 Å². The minimum absolute atomic E-state index is 0.122. The molecule has 1 heterocycles. The van der Waals surface area contributed by atoms with E-state index in [-0.39, 0.29) is 18.1 Å². The molecular weight excluding hydrogens is 240 g/mol. The molecule has 1 aromatic carbocycles. The summed E-state index contributed by atoms with van der Waals surface area (Å²) in [5, 5.41) is 0. The molecule has 4 nitrogen and oxygen atoms in total. The van der Waals surface area contributed by atoms with E-state index in [1.54, 1.807) is 0 Å². The summed E-state index contributed by atoms with van der Waals surface area (Å²) in [5.74, 6) is 0.159. The van der Waals surface area contributed by atoms with E-state index < -0.39 is 0 Å². The van der Waals surface area contributed by atoms with Crippen LogP contribution in [0, 0.1) is 0 Å². The highest BCUT2D eigenvalue weighted by Crippen LogP contribution is 2.21. The van der Waals surface area contributed by atoms with Crippen molar-refractivity contribution in [2.75, 3.05) is 33.8 Å². The Morgan fingerprint density at radius 1 is 1.37 bits per heavy atom. The first-order chi connectivity index (χ1) is 9.09. The number of hydrogen-bond acceptors (Lipinski definition) is 3. The summed E-state index contributed by atoms with van der Waals surface area (Å²) < 4.78 is 5.50. The van der Waals surface area contributed by atoms with Crippen LogP contribution >= 0.6 is 0 Å². The molecular formula is C15H22N2O2. The van der Waals surface area contributed by atoms with Crippen LogP contribution in [-0.2, 0) is 9.53 Å². The van der Waals surface area contributed by atoms with Gasteiger partial charge in [-0.1, -0.05) is 30.3 Å². The van der Waals surface area contributed by atoms with Gasteiger partial charge < -0.3 is 9.64 Å².